The Kier molecular flexibility index (Phi) is 6.09. The smallest absolute Gasteiger partial charge is 0.160 e. The lowest BCUT2D eigenvalue weighted by Crippen LogP contribution is -1.97. The number of hydrogen-bond acceptors (Lipinski definition) is 3. The van der Waals surface area contributed by atoms with E-state index in [0.717, 1.165) is 49.6 Å². The average Bonchev–Trinajstić information content (AvgIpc) is 3.85. The molecule has 0 amide bonds. The molecule has 0 saturated carbocycles. The molecule has 4 aromatic heterocycles. The molecule has 0 atom stereocenters. The van der Waals surface area contributed by atoms with Gasteiger partial charge in [0.25, 0.3) is 0 Å². The van der Waals surface area contributed by atoms with E-state index in [2.05, 4.69) is 161 Å². The number of hydrogen-bond donors (Lipinski definition) is 0. The van der Waals surface area contributed by atoms with Crippen LogP contribution in [0.4, 0.5) is 0 Å². The van der Waals surface area contributed by atoms with Crippen molar-refractivity contribution in [3.63, 3.8) is 0 Å². The molecular formula is C46H28N4S. The van der Waals surface area contributed by atoms with Crippen LogP contribution in [0.15, 0.2) is 170 Å². The molecule has 0 fully saturated rings. The first kappa shape index (κ1) is 28.3. The van der Waals surface area contributed by atoms with Gasteiger partial charge in [-0.05, 0) is 54.6 Å². The summed E-state index contributed by atoms with van der Waals surface area (Å²) in [7, 11) is 0. The Bertz CT molecular complexity index is 3130. The first-order valence-corrected chi connectivity index (χ1v) is 18.0. The molecule has 0 radical (unpaired) electrons. The van der Waals surface area contributed by atoms with E-state index in [0.29, 0.717) is 0 Å². The van der Waals surface area contributed by atoms with Crippen molar-refractivity contribution in [3.8, 4) is 34.0 Å². The van der Waals surface area contributed by atoms with Crippen LogP contribution >= 0.6 is 11.3 Å². The van der Waals surface area contributed by atoms with Crippen molar-refractivity contribution in [1.82, 2.24) is 19.1 Å². The van der Waals surface area contributed by atoms with Gasteiger partial charge in [-0.1, -0.05) is 115 Å². The Hall–Kier alpha value is -6.56. The third kappa shape index (κ3) is 4.25. The molecule has 11 aromatic rings. The molecule has 0 spiro atoms. The van der Waals surface area contributed by atoms with Gasteiger partial charge in [-0.3, -0.25) is 0 Å². The Labute approximate surface area is 297 Å². The van der Waals surface area contributed by atoms with Gasteiger partial charge < -0.3 is 9.13 Å². The summed E-state index contributed by atoms with van der Waals surface area (Å²) >= 11 is 1.76. The normalized spacial score (nSPS) is 11.9. The van der Waals surface area contributed by atoms with Crippen LogP contribution in [0.5, 0.6) is 0 Å². The van der Waals surface area contributed by atoms with Crippen molar-refractivity contribution in [2.75, 3.05) is 0 Å². The van der Waals surface area contributed by atoms with Gasteiger partial charge in [0.1, 0.15) is 0 Å². The Morgan fingerprint density at radius 3 is 1.65 bits per heavy atom. The Morgan fingerprint density at radius 1 is 0.392 bits per heavy atom. The number of rotatable bonds is 4. The van der Waals surface area contributed by atoms with E-state index in [9.17, 15) is 0 Å². The van der Waals surface area contributed by atoms with Crippen molar-refractivity contribution >= 4 is 75.3 Å². The zero-order valence-electron chi connectivity index (χ0n) is 27.4. The first-order chi connectivity index (χ1) is 25.3. The first-order valence-electron chi connectivity index (χ1n) is 17.2. The number of benzene rings is 7. The fraction of sp³-hybridized carbons (Fsp3) is 0. The lowest BCUT2D eigenvalue weighted by molar-refractivity contribution is 1.17. The quantitative estimate of drug-likeness (QED) is 0.187. The van der Waals surface area contributed by atoms with Crippen molar-refractivity contribution in [3.05, 3.63) is 170 Å². The molecule has 238 valence electrons. The molecule has 0 aliphatic carbocycles. The van der Waals surface area contributed by atoms with Crippen molar-refractivity contribution in [2.24, 2.45) is 0 Å². The van der Waals surface area contributed by atoms with E-state index < -0.39 is 0 Å². The molecule has 0 aliphatic heterocycles. The second-order valence-electron chi connectivity index (χ2n) is 13.0. The highest BCUT2D eigenvalue weighted by atomic mass is 32.1. The lowest BCUT2D eigenvalue weighted by Gasteiger charge is -2.12. The molecular weight excluding hydrogens is 641 g/mol. The fourth-order valence-corrected chi connectivity index (χ4v) is 9.01. The number of aromatic nitrogens is 4. The van der Waals surface area contributed by atoms with E-state index >= 15 is 0 Å². The summed E-state index contributed by atoms with van der Waals surface area (Å²) in [4.78, 5) is 10.4. The molecule has 4 nitrogen and oxygen atoms in total. The minimum Gasteiger partial charge on any atom is -0.309 e. The van der Waals surface area contributed by atoms with E-state index in [1.807, 2.05) is 18.2 Å². The summed E-state index contributed by atoms with van der Waals surface area (Å²) in [5, 5.41) is 6.09. The zero-order valence-corrected chi connectivity index (χ0v) is 28.2. The predicted molar refractivity (Wildman–Crippen MR) is 214 cm³/mol. The van der Waals surface area contributed by atoms with Gasteiger partial charge in [-0.25, -0.2) is 9.97 Å². The minimum atomic E-state index is 0.737. The summed E-state index contributed by atoms with van der Waals surface area (Å²) < 4.78 is 7.13. The topological polar surface area (TPSA) is 35.6 Å². The van der Waals surface area contributed by atoms with Crippen LogP contribution in [0, 0.1) is 0 Å². The highest BCUT2D eigenvalue weighted by Gasteiger charge is 2.20. The lowest BCUT2D eigenvalue weighted by atomic mass is 10.1. The number of para-hydroxylation sites is 3. The zero-order chi connectivity index (χ0) is 33.5. The molecule has 0 N–H and O–H groups in total. The van der Waals surface area contributed by atoms with Gasteiger partial charge in [-0.15, -0.1) is 11.3 Å². The summed E-state index contributed by atoms with van der Waals surface area (Å²) in [6.45, 7) is 0. The molecule has 0 bridgehead atoms. The molecule has 7 aromatic carbocycles. The number of fused-ring (bicyclic) bond motifs is 9. The van der Waals surface area contributed by atoms with Crippen LogP contribution in [0.25, 0.3) is 97.9 Å². The predicted octanol–water partition coefficient (Wildman–Crippen LogP) is 12.4. The van der Waals surface area contributed by atoms with Crippen LogP contribution < -0.4 is 0 Å². The molecule has 4 heterocycles. The number of thiophene rings is 1. The van der Waals surface area contributed by atoms with Gasteiger partial charge in [0.2, 0.25) is 0 Å². The summed E-state index contributed by atoms with van der Waals surface area (Å²) in [6, 6.07) is 60.7. The Morgan fingerprint density at radius 2 is 0.941 bits per heavy atom. The van der Waals surface area contributed by atoms with Crippen molar-refractivity contribution in [2.45, 2.75) is 0 Å². The van der Waals surface area contributed by atoms with E-state index in [-0.39, 0.29) is 0 Å². The minimum absolute atomic E-state index is 0.737. The van der Waals surface area contributed by atoms with Crippen LogP contribution in [0.3, 0.4) is 0 Å². The molecule has 11 rings (SSSR count). The SMILES string of the molecule is c1ccc(-c2nc(-c3cccc(-n4c5ccccc5c5cc6c(cc54)c4ccccc4n6-c4ccccc4)c3)c3sc4ccccc4c3n2)cc1. The third-order valence-electron chi connectivity index (χ3n) is 10.1. The maximum absolute atomic E-state index is 5.28. The summed E-state index contributed by atoms with van der Waals surface area (Å²) in [5.41, 5.74) is 11.0. The molecule has 51 heavy (non-hydrogen) atoms. The van der Waals surface area contributed by atoms with E-state index in [1.54, 1.807) is 11.3 Å². The van der Waals surface area contributed by atoms with Crippen molar-refractivity contribution < 1.29 is 0 Å². The maximum Gasteiger partial charge on any atom is 0.160 e. The van der Waals surface area contributed by atoms with Crippen LogP contribution in [-0.4, -0.2) is 19.1 Å². The van der Waals surface area contributed by atoms with Gasteiger partial charge >= 0.3 is 0 Å². The maximum atomic E-state index is 5.28. The van der Waals surface area contributed by atoms with E-state index in [4.69, 9.17) is 9.97 Å². The summed E-state index contributed by atoms with van der Waals surface area (Å²) in [5.74, 6) is 0.737. The largest absolute Gasteiger partial charge is 0.309 e. The van der Waals surface area contributed by atoms with Crippen LogP contribution in [0.2, 0.25) is 0 Å². The van der Waals surface area contributed by atoms with Crippen LogP contribution in [-0.2, 0) is 0 Å². The van der Waals surface area contributed by atoms with Gasteiger partial charge in [0, 0.05) is 54.1 Å². The summed E-state index contributed by atoms with van der Waals surface area (Å²) in [6.07, 6.45) is 0. The standard InChI is InChI=1S/C46H28N4S/c1-3-14-29(15-4-1)46-47-43(45-44(48-46)35-22-9-12-25-42(35)51-45)30-16-13-19-32(26-30)50-39-24-11-8-21-34(39)37-27-40-36(28-41(37)50)33-20-7-10-23-38(33)49(40)31-17-5-2-6-18-31/h1-28H. The highest BCUT2D eigenvalue weighted by Crippen LogP contribution is 2.42. The second kappa shape index (κ2) is 11.0. The third-order valence-corrected chi connectivity index (χ3v) is 11.3. The van der Waals surface area contributed by atoms with Gasteiger partial charge in [0.05, 0.1) is 38.0 Å². The monoisotopic (exact) mass is 668 g/mol. The van der Waals surface area contributed by atoms with Crippen molar-refractivity contribution in [1.29, 1.82) is 0 Å². The van der Waals surface area contributed by atoms with Gasteiger partial charge in [-0.2, -0.15) is 0 Å². The van der Waals surface area contributed by atoms with Gasteiger partial charge in [0.15, 0.2) is 5.82 Å². The highest BCUT2D eigenvalue weighted by molar-refractivity contribution is 7.26. The molecule has 0 saturated heterocycles. The molecule has 0 unspecified atom stereocenters. The van der Waals surface area contributed by atoms with Crippen LogP contribution in [0.1, 0.15) is 0 Å². The molecule has 5 heteroatoms. The Balaban J connectivity index is 1.19. The molecule has 0 aliphatic rings. The fourth-order valence-electron chi connectivity index (χ4n) is 7.86. The average molecular weight is 669 g/mol. The van der Waals surface area contributed by atoms with E-state index in [1.165, 1.54) is 48.3 Å². The number of nitrogens with zero attached hydrogens (tertiary/aromatic N) is 4. The second-order valence-corrected chi connectivity index (χ2v) is 14.1.